The van der Waals surface area contributed by atoms with Crippen LogP contribution in [-0.2, 0) is 0 Å². The number of rotatable bonds is 2. The molecule has 1 aliphatic rings. The van der Waals surface area contributed by atoms with Gasteiger partial charge in [0.05, 0.1) is 12.2 Å². The first-order valence-electron chi connectivity index (χ1n) is 7.27. The zero-order valence-corrected chi connectivity index (χ0v) is 13.0. The van der Waals surface area contributed by atoms with E-state index >= 15 is 0 Å². The molecule has 5 heteroatoms. The van der Waals surface area contributed by atoms with Crippen LogP contribution >= 0.6 is 11.6 Å². The second kappa shape index (κ2) is 6.28. The number of nitrogens with one attached hydrogen (secondary N) is 1. The summed E-state index contributed by atoms with van der Waals surface area (Å²) in [6.07, 6.45) is 0.812. The van der Waals surface area contributed by atoms with Crippen LogP contribution in [0.5, 0.6) is 5.75 Å². The highest BCUT2D eigenvalue weighted by Gasteiger charge is 2.29. The minimum absolute atomic E-state index is 0.0183. The molecule has 0 spiro atoms. The van der Waals surface area contributed by atoms with Gasteiger partial charge in [-0.15, -0.1) is 0 Å². The van der Waals surface area contributed by atoms with Gasteiger partial charge in [-0.2, -0.15) is 0 Å². The molecular formula is C17H17ClN2O2. The smallest absolute Gasteiger partial charge is 0.326 e. The van der Waals surface area contributed by atoms with Crippen LogP contribution < -0.4 is 15.0 Å². The molecule has 0 radical (unpaired) electrons. The summed E-state index contributed by atoms with van der Waals surface area (Å²) >= 11 is 6.06. The van der Waals surface area contributed by atoms with E-state index in [1.54, 1.807) is 17.0 Å². The lowest BCUT2D eigenvalue weighted by molar-refractivity contribution is 0.188. The van der Waals surface area contributed by atoms with Crippen molar-refractivity contribution in [2.24, 2.45) is 0 Å². The van der Waals surface area contributed by atoms with Crippen molar-refractivity contribution in [1.82, 2.24) is 0 Å². The SMILES string of the molecule is CC[C@H]1CN(C(=O)Nc2ccccc2)c2cc(Cl)ccc2O1. The molecule has 1 N–H and O–H groups in total. The average molecular weight is 317 g/mol. The number of ether oxygens (including phenoxy) is 1. The molecule has 3 rings (SSSR count). The summed E-state index contributed by atoms with van der Waals surface area (Å²) in [5.74, 6) is 0.686. The molecular weight excluding hydrogens is 300 g/mol. The van der Waals surface area contributed by atoms with E-state index in [2.05, 4.69) is 5.32 Å². The molecule has 0 unspecified atom stereocenters. The van der Waals surface area contributed by atoms with Gasteiger partial charge in [0.15, 0.2) is 0 Å². The number of hydrogen-bond donors (Lipinski definition) is 1. The first-order chi connectivity index (χ1) is 10.7. The van der Waals surface area contributed by atoms with E-state index in [9.17, 15) is 4.79 Å². The summed E-state index contributed by atoms with van der Waals surface area (Å²) in [5, 5.41) is 3.48. The summed E-state index contributed by atoms with van der Waals surface area (Å²) in [7, 11) is 0. The van der Waals surface area contributed by atoms with Gasteiger partial charge in [-0.25, -0.2) is 4.79 Å². The highest BCUT2D eigenvalue weighted by molar-refractivity contribution is 6.31. The number of nitrogens with zero attached hydrogens (tertiary/aromatic N) is 1. The topological polar surface area (TPSA) is 41.6 Å². The third kappa shape index (κ3) is 3.02. The zero-order valence-electron chi connectivity index (χ0n) is 12.3. The number of carbonyl (C=O) groups excluding carboxylic acids is 1. The van der Waals surface area contributed by atoms with Gasteiger partial charge in [-0.05, 0) is 36.8 Å². The molecule has 1 aliphatic heterocycles. The number of hydrogen-bond acceptors (Lipinski definition) is 2. The standard InChI is InChI=1S/C17H17ClN2O2/c1-2-14-11-20(15-10-12(18)8-9-16(15)22-14)17(21)19-13-6-4-3-5-7-13/h3-10,14H,2,11H2,1H3,(H,19,21)/t14-/m0/s1. The molecule has 0 saturated heterocycles. The van der Waals surface area contributed by atoms with Crippen LogP contribution in [0.1, 0.15) is 13.3 Å². The fourth-order valence-electron chi connectivity index (χ4n) is 2.44. The van der Waals surface area contributed by atoms with Crippen molar-refractivity contribution in [3.8, 4) is 5.75 Å². The molecule has 0 saturated carbocycles. The third-order valence-corrected chi connectivity index (χ3v) is 3.85. The van der Waals surface area contributed by atoms with Gasteiger partial charge in [0.1, 0.15) is 11.9 Å². The number of fused-ring (bicyclic) bond motifs is 1. The van der Waals surface area contributed by atoms with Crippen LogP contribution in [0, 0.1) is 0 Å². The molecule has 1 heterocycles. The predicted molar refractivity (Wildman–Crippen MR) is 89.0 cm³/mol. The Hall–Kier alpha value is -2.20. The van der Waals surface area contributed by atoms with Crippen LogP contribution in [-0.4, -0.2) is 18.7 Å². The molecule has 4 nitrogen and oxygen atoms in total. The maximum Gasteiger partial charge on any atom is 0.326 e. The minimum atomic E-state index is -0.184. The Bertz CT molecular complexity index is 676. The first-order valence-corrected chi connectivity index (χ1v) is 7.65. The van der Waals surface area contributed by atoms with E-state index in [4.69, 9.17) is 16.3 Å². The Kier molecular flexibility index (Phi) is 4.20. The molecule has 114 valence electrons. The van der Waals surface area contributed by atoms with Gasteiger partial charge in [-0.3, -0.25) is 4.90 Å². The van der Waals surface area contributed by atoms with Crippen LogP contribution in [0.3, 0.4) is 0 Å². The number of halogens is 1. The highest BCUT2D eigenvalue weighted by atomic mass is 35.5. The van der Waals surface area contributed by atoms with Gasteiger partial charge >= 0.3 is 6.03 Å². The molecule has 0 aromatic heterocycles. The van der Waals surface area contributed by atoms with E-state index in [-0.39, 0.29) is 12.1 Å². The van der Waals surface area contributed by atoms with Crippen molar-refractivity contribution < 1.29 is 9.53 Å². The lowest BCUT2D eigenvalue weighted by Crippen LogP contribution is -2.45. The largest absolute Gasteiger partial charge is 0.486 e. The van der Waals surface area contributed by atoms with Crippen molar-refractivity contribution in [3.63, 3.8) is 0 Å². The summed E-state index contributed by atoms with van der Waals surface area (Å²) < 4.78 is 5.89. The quantitative estimate of drug-likeness (QED) is 0.883. The third-order valence-electron chi connectivity index (χ3n) is 3.62. The van der Waals surface area contributed by atoms with Crippen LogP contribution in [0.25, 0.3) is 0 Å². The van der Waals surface area contributed by atoms with Crippen molar-refractivity contribution in [1.29, 1.82) is 0 Å². The second-order valence-corrected chi connectivity index (χ2v) is 5.60. The second-order valence-electron chi connectivity index (χ2n) is 5.17. The van der Waals surface area contributed by atoms with Crippen molar-refractivity contribution in [2.45, 2.75) is 19.4 Å². The van der Waals surface area contributed by atoms with Gasteiger partial charge in [-0.1, -0.05) is 36.7 Å². The maximum absolute atomic E-state index is 12.6. The van der Waals surface area contributed by atoms with Gasteiger partial charge < -0.3 is 10.1 Å². The average Bonchev–Trinajstić information content (AvgIpc) is 2.54. The fraction of sp³-hybridized carbons (Fsp3) is 0.235. The molecule has 2 amide bonds. The number of para-hydroxylation sites is 1. The normalized spacial score (nSPS) is 16.6. The zero-order chi connectivity index (χ0) is 15.5. The van der Waals surface area contributed by atoms with E-state index < -0.39 is 0 Å². The van der Waals surface area contributed by atoms with Crippen molar-refractivity contribution in [3.05, 3.63) is 53.6 Å². The van der Waals surface area contributed by atoms with E-state index in [1.807, 2.05) is 43.3 Å². The maximum atomic E-state index is 12.6. The number of anilines is 2. The monoisotopic (exact) mass is 316 g/mol. The molecule has 0 bridgehead atoms. The molecule has 22 heavy (non-hydrogen) atoms. The molecule has 0 aliphatic carbocycles. The summed E-state index contributed by atoms with van der Waals surface area (Å²) in [4.78, 5) is 14.3. The molecule has 1 atom stereocenters. The Balaban J connectivity index is 1.88. The minimum Gasteiger partial charge on any atom is -0.486 e. The molecule has 2 aromatic rings. The van der Waals surface area contributed by atoms with E-state index in [0.29, 0.717) is 23.0 Å². The van der Waals surface area contributed by atoms with Crippen molar-refractivity contribution in [2.75, 3.05) is 16.8 Å². The summed E-state index contributed by atoms with van der Waals surface area (Å²) in [6, 6.07) is 14.5. The van der Waals surface area contributed by atoms with Gasteiger partial charge in [0.25, 0.3) is 0 Å². The first kappa shape index (κ1) is 14.7. The lowest BCUT2D eigenvalue weighted by atomic mass is 10.1. The van der Waals surface area contributed by atoms with E-state index in [0.717, 1.165) is 12.1 Å². The summed E-state index contributed by atoms with van der Waals surface area (Å²) in [5.41, 5.74) is 1.46. The Morgan fingerprint density at radius 3 is 2.82 bits per heavy atom. The van der Waals surface area contributed by atoms with Gasteiger partial charge in [0, 0.05) is 10.7 Å². The number of carbonyl (C=O) groups is 1. The Morgan fingerprint density at radius 2 is 2.09 bits per heavy atom. The summed E-state index contributed by atoms with van der Waals surface area (Å²) in [6.45, 7) is 2.54. The fourth-order valence-corrected chi connectivity index (χ4v) is 2.60. The van der Waals surface area contributed by atoms with Crippen LogP contribution in [0.2, 0.25) is 5.02 Å². The number of urea groups is 1. The van der Waals surface area contributed by atoms with Crippen molar-refractivity contribution >= 4 is 29.0 Å². The van der Waals surface area contributed by atoms with E-state index in [1.165, 1.54) is 0 Å². The number of benzene rings is 2. The number of amides is 2. The Morgan fingerprint density at radius 1 is 1.32 bits per heavy atom. The molecule has 0 fully saturated rings. The molecule has 2 aromatic carbocycles. The van der Waals surface area contributed by atoms with Crippen LogP contribution in [0.15, 0.2) is 48.5 Å². The lowest BCUT2D eigenvalue weighted by Gasteiger charge is -2.34. The predicted octanol–water partition coefficient (Wildman–Crippen LogP) is 4.55. The Labute approximate surface area is 134 Å². The van der Waals surface area contributed by atoms with Crippen LogP contribution in [0.4, 0.5) is 16.2 Å². The van der Waals surface area contributed by atoms with Gasteiger partial charge in [0.2, 0.25) is 0 Å². The highest BCUT2D eigenvalue weighted by Crippen LogP contribution is 2.36.